The first-order chi connectivity index (χ1) is 14.7. The van der Waals surface area contributed by atoms with Crippen LogP contribution in [0.3, 0.4) is 0 Å². The Hall–Kier alpha value is -3.86. The molecule has 8 heteroatoms. The monoisotopic (exact) mass is 402 g/mol. The fourth-order valence-corrected chi connectivity index (χ4v) is 3.49. The largest absolute Gasteiger partial charge is 0.471 e. The summed E-state index contributed by atoms with van der Waals surface area (Å²) in [6.07, 6.45) is 4.19. The number of amides is 1. The number of pyridine rings is 1. The molecule has 8 nitrogen and oxygen atoms in total. The summed E-state index contributed by atoms with van der Waals surface area (Å²) in [6.45, 7) is 7.95. The molecule has 2 aromatic heterocycles. The van der Waals surface area contributed by atoms with Gasteiger partial charge in [0.2, 0.25) is 0 Å². The van der Waals surface area contributed by atoms with Gasteiger partial charge in [-0.2, -0.15) is 0 Å². The lowest BCUT2D eigenvalue weighted by Gasteiger charge is -2.13. The highest BCUT2D eigenvalue weighted by molar-refractivity contribution is 5.90. The smallest absolute Gasteiger partial charge is 0.414 e. The zero-order valence-corrected chi connectivity index (χ0v) is 16.0. The minimum atomic E-state index is -0.406. The van der Waals surface area contributed by atoms with Crippen LogP contribution >= 0.6 is 0 Å². The van der Waals surface area contributed by atoms with Gasteiger partial charge in [-0.15, -0.1) is 0 Å². The van der Waals surface area contributed by atoms with Crippen LogP contribution in [0.1, 0.15) is 18.5 Å². The van der Waals surface area contributed by atoms with Gasteiger partial charge < -0.3 is 18.8 Å². The number of rotatable bonds is 6. The van der Waals surface area contributed by atoms with E-state index in [9.17, 15) is 4.79 Å². The summed E-state index contributed by atoms with van der Waals surface area (Å²) in [6, 6.07) is 13.2. The van der Waals surface area contributed by atoms with Crippen molar-refractivity contribution in [2.24, 2.45) is 0 Å². The van der Waals surface area contributed by atoms with Crippen LogP contribution < -0.4 is 9.64 Å². The third-order valence-electron chi connectivity index (χ3n) is 5.40. The molecule has 1 aromatic carbocycles. The number of carbonyl (C=O) groups is 1. The molecular formula is C22H18N4O4. The third kappa shape index (κ3) is 3.35. The summed E-state index contributed by atoms with van der Waals surface area (Å²) in [4.78, 5) is 22.0. The lowest BCUT2D eigenvalue weighted by atomic mass is 10.1. The van der Waals surface area contributed by atoms with E-state index in [1.54, 1.807) is 17.2 Å². The minimum absolute atomic E-state index is 0.205. The molecule has 1 saturated carbocycles. The molecule has 0 radical (unpaired) electrons. The molecule has 2 fully saturated rings. The van der Waals surface area contributed by atoms with Crippen molar-refractivity contribution < 1.29 is 18.8 Å². The number of anilines is 1. The van der Waals surface area contributed by atoms with Crippen LogP contribution in [0.15, 0.2) is 59.4 Å². The molecule has 0 N–H and O–H groups in total. The first-order valence-electron chi connectivity index (χ1n) is 9.64. The van der Waals surface area contributed by atoms with Crippen LogP contribution in [0, 0.1) is 6.57 Å². The van der Waals surface area contributed by atoms with E-state index >= 15 is 0 Å². The van der Waals surface area contributed by atoms with E-state index < -0.39 is 11.6 Å². The first kappa shape index (κ1) is 18.2. The topological polar surface area (TPSA) is 82.0 Å². The average Bonchev–Trinajstić information content (AvgIpc) is 3.23. The molecule has 1 saturated heterocycles. The summed E-state index contributed by atoms with van der Waals surface area (Å²) in [5, 5.41) is 3.67. The lowest BCUT2D eigenvalue weighted by molar-refractivity contribution is 0.102. The molecule has 1 atom stereocenters. The second-order valence-corrected chi connectivity index (χ2v) is 7.39. The van der Waals surface area contributed by atoms with Gasteiger partial charge in [-0.25, -0.2) is 11.4 Å². The first-order valence-corrected chi connectivity index (χ1v) is 9.64. The van der Waals surface area contributed by atoms with Crippen LogP contribution in [0.5, 0.6) is 5.88 Å². The molecule has 1 amide bonds. The Morgan fingerprint density at radius 3 is 2.60 bits per heavy atom. The average molecular weight is 402 g/mol. The molecule has 0 unspecified atom stereocenters. The van der Waals surface area contributed by atoms with Crippen molar-refractivity contribution in [3.63, 3.8) is 0 Å². The standard InChI is InChI=1S/C22H18N4O4/c1-23-22(9-10-22)19-7-4-16(12-24-19)15-2-5-17(6-3-15)26-13-18(30-21(26)27)14-28-20-8-11-29-25-20/h2-8,11-12,18H,9-10,13-14H2/t18-/m1/s1. The zero-order valence-electron chi connectivity index (χ0n) is 16.0. The Balaban J connectivity index is 1.25. The van der Waals surface area contributed by atoms with Gasteiger partial charge in [-0.1, -0.05) is 18.2 Å². The van der Waals surface area contributed by atoms with Crippen LogP contribution in [0.4, 0.5) is 10.5 Å². The molecule has 30 heavy (non-hydrogen) atoms. The van der Waals surface area contributed by atoms with Crippen LogP contribution in [-0.4, -0.2) is 35.5 Å². The number of ether oxygens (including phenoxy) is 2. The summed E-state index contributed by atoms with van der Waals surface area (Å²) in [5.41, 5.74) is 3.16. The summed E-state index contributed by atoms with van der Waals surface area (Å²) in [7, 11) is 0. The van der Waals surface area contributed by atoms with Gasteiger partial charge in [0, 0.05) is 36.4 Å². The van der Waals surface area contributed by atoms with E-state index in [0.717, 1.165) is 35.3 Å². The van der Waals surface area contributed by atoms with E-state index in [-0.39, 0.29) is 12.7 Å². The number of cyclic esters (lactones) is 1. The number of hydrogen-bond donors (Lipinski definition) is 0. The maximum Gasteiger partial charge on any atom is 0.414 e. The molecule has 150 valence electrons. The number of nitrogens with zero attached hydrogens (tertiary/aromatic N) is 4. The van der Waals surface area contributed by atoms with Gasteiger partial charge >= 0.3 is 6.09 Å². The molecule has 0 bridgehead atoms. The number of carbonyl (C=O) groups excluding carboxylic acids is 1. The van der Waals surface area contributed by atoms with E-state index in [4.69, 9.17) is 20.6 Å². The highest BCUT2D eigenvalue weighted by atomic mass is 16.6. The van der Waals surface area contributed by atoms with Gasteiger partial charge in [0.25, 0.3) is 11.4 Å². The second kappa shape index (κ2) is 7.19. The fraction of sp³-hybridized carbons (Fsp3) is 0.273. The Bertz CT molecular complexity index is 1080. The predicted molar refractivity (Wildman–Crippen MR) is 107 cm³/mol. The van der Waals surface area contributed by atoms with Crippen molar-refractivity contribution in [2.75, 3.05) is 18.1 Å². The lowest BCUT2D eigenvalue weighted by Crippen LogP contribution is -2.26. The number of benzene rings is 1. The van der Waals surface area contributed by atoms with Gasteiger partial charge in [-0.3, -0.25) is 9.88 Å². The minimum Gasteiger partial charge on any atom is -0.471 e. The highest BCUT2D eigenvalue weighted by Crippen LogP contribution is 2.48. The van der Waals surface area contributed by atoms with Crippen LogP contribution in [0.2, 0.25) is 0 Å². The fourth-order valence-electron chi connectivity index (χ4n) is 3.49. The maximum absolute atomic E-state index is 12.2. The molecule has 0 spiro atoms. The Morgan fingerprint density at radius 1 is 1.17 bits per heavy atom. The molecule has 3 aromatic rings. The molecule has 2 aliphatic rings. The Morgan fingerprint density at radius 2 is 1.97 bits per heavy atom. The third-order valence-corrected chi connectivity index (χ3v) is 5.40. The number of hydrogen-bond acceptors (Lipinski definition) is 6. The summed E-state index contributed by atoms with van der Waals surface area (Å²) < 4.78 is 15.5. The van der Waals surface area contributed by atoms with Gasteiger partial charge in [0.05, 0.1) is 6.54 Å². The Labute approximate surface area is 172 Å². The Kier molecular flexibility index (Phi) is 4.36. The van der Waals surface area contributed by atoms with Crippen molar-refractivity contribution in [1.82, 2.24) is 10.1 Å². The van der Waals surface area contributed by atoms with Crippen molar-refractivity contribution in [3.8, 4) is 17.0 Å². The zero-order chi connectivity index (χ0) is 20.6. The molecule has 1 aliphatic carbocycles. The summed E-state index contributed by atoms with van der Waals surface area (Å²) in [5.74, 6) is 0.359. The van der Waals surface area contributed by atoms with Crippen molar-refractivity contribution in [2.45, 2.75) is 24.5 Å². The van der Waals surface area contributed by atoms with E-state index in [1.807, 2.05) is 36.4 Å². The van der Waals surface area contributed by atoms with Crippen molar-refractivity contribution >= 4 is 11.8 Å². The van der Waals surface area contributed by atoms with Gasteiger partial charge in [-0.05, 0) is 28.9 Å². The van der Waals surface area contributed by atoms with Crippen molar-refractivity contribution in [3.05, 3.63) is 72.0 Å². The van der Waals surface area contributed by atoms with Crippen LogP contribution in [-0.2, 0) is 10.3 Å². The maximum atomic E-state index is 12.2. The quantitative estimate of drug-likeness (QED) is 0.579. The molecule has 5 rings (SSSR count). The van der Waals surface area contributed by atoms with E-state index in [0.29, 0.717) is 12.4 Å². The second-order valence-electron chi connectivity index (χ2n) is 7.39. The predicted octanol–water partition coefficient (Wildman–Crippen LogP) is 4.05. The molecule has 1 aliphatic heterocycles. The SMILES string of the molecule is [C-]#[N+]C1(c2ccc(-c3ccc(N4C[C@H](COc5ccon5)OC4=O)cc3)cn2)CC1. The van der Waals surface area contributed by atoms with Gasteiger partial charge in [0.1, 0.15) is 18.6 Å². The van der Waals surface area contributed by atoms with Gasteiger partial charge in [0.15, 0.2) is 6.10 Å². The van der Waals surface area contributed by atoms with E-state index in [1.165, 1.54) is 6.26 Å². The highest BCUT2D eigenvalue weighted by Gasteiger charge is 2.53. The van der Waals surface area contributed by atoms with Crippen LogP contribution in [0.25, 0.3) is 16.0 Å². The molecular weight excluding hydrogens is 384 g/mol. The molecule has 3 heterocycles. The normalized spacial score (nSPS) is 19.2. The number of aromatic nitrogens is 2. The summed E-state index contributed by atoms with van der Waals surface area (Å²) >= 11 is 0. The van der Waals surface area contributed by atoms with Crippen molar-refractivity contribution in [1.29, 1.82) is 0 Å². The van der Waals surface area contributed by atoms with E-state index in [2.05, 4.69) is 15.0 Å².